The minimum Gasteiger partial charge on any atom is -0.398 e. The summed E-state index contributed by atoms with van der Waals surface area (Å²) >= 11 is 0. The average molecular weight is 260 g/mol. The van der Waals surface area contributed by atoms with E-state index in [9.17, 15) is 0 Å². The summed E-state index contributed by atoms with van der Waals surface area (Å²) in [6.07, 6.45) is 3.79. The molecule has 0 spiro atoms. The van der Waals surface area contributed by atoms with Gasteiger partial charge in [0.2, 0.25) is 0 Å². The fourth-order valence-electron chi connectivity index (χ4n) is 2.36. The number of hydrogen-bond acceptors (Lipinski definition) is 4. The molecule has 2 fully saturated rings. The first-order valence-corrected chi connectivity index (χ1v) is 7.08. The first-order valence-electron chi connectivity index (χ1n) is 7.08. The second kappa shape index (κ2) is 4.28. The number of hydrogen-bond donors (Lipinski definition) is 0. The molecular weight excluding hydrogens is 239 g/mol. The summed E-state index contributed by atoms with van der Waals surface area (Å²) in [7, 11) is -0.409. The quantitative estimate of drug-likeness (QED) is 0.763. The largest absolute Gasteiger partial charge is 0.516 e. The van der Waals surface area contributed by atoms with Gasteiger partial charge < -0.3 is 9.31 Å². The van der Waals surface area contributed by atoms with Crippen molar-refractivity contribution in [2.45, 2.75) is 64.1 Å². The third-order valence-electron chi connectivity index (χ3n) is 4.72. The summed E-state index contributed by atoms with van der Waals surface area (Å²) in [6, 6.07) is 4.06. The number of rotatable bonds is 2. The van der Waals surface area contributed by atoms with Crippen molar-refractivity contribution in [2.75, 3.05) is 0 Å². The molecule has 0 N–H and O–H groups in total. The van der Waals surface area contributed by atoms with Crippen molar-refractivity contribution in [1.29, 1.82) is 0 Å². The van der Waals surface area contributed by atoms with Crippen LogP contribution >= 0.6 is 0 Å². The highest BCUT2D eigenvalue weighted by molar-refractivity contribution is 6.61. The predicted molar refractivity (Wildman–Crippen MR) is 74.3 cm³/mol. The van der Waals surface area contributed by atoms with Crippen LogP contribution in [0, 0.1) is 0 Å². The zero-order chi connectivity index (χ0) is 13.7. The Labute approximate surface area is 115 Å². The van der Waals surface area contributed by atoms with E-state index in [1.807, 2.05) is 33.8 Å². The maximum absolute atomic E-state index is 5.97. The van der Waals surface area contributed by atoms with Gasteiger partial charge in [-0.25, -0.2) is 0 Å². The molecule has 1 aromatic rings. The average Bonchev–Trinajstić information content (AvgIpc) is 2.47. The van der Waals surface area contributed by atoms with Crippen LogP contribution in [0.3, 0.4) is 0 Å². The normalized spacial score (nSPS) is 25.4. The second-order valence-corrected chi connectivity index (χ2v) is 6.60. The van der Waals surface area contributed by atoms with Gasteiger partial charge in [-0.15, -0.1) is 0 Å². The van der Waals surface area contributed by atoms with Crippen LogP contribution < -0.4 is 5.59 Å². The van der Waals surface area contributed by atoms with Crippen LogP contribution in [0.2, 0.25) is 0 Å². The van der Waals surface area contributed by atoms with Gasteiger partial charge in [-0.2, -0.15) is 10.2 Å². The Morgan fingerprint density at radius 3 is 2.11 bits per heavy atom. The number of aromatic nitrogens is 2. The van der Waals surface area contributed by atoms with E-state index in [1.54, 1.807) is 0 Å². The van der Waals surface area contributed by atoms with Crippen LogP contribution in [-0.4, -0.2) is 28.5 Å². The van der Waals surface area contributed by atoms with Gasteiger partial charge in [-0.1, -0.05) is 6.42 Å². The van der Waals surface area contributed by atoms with Gasteiger partial charge in [0.25, 0.3) is 0 Å². The van der Waals surface area contributed by atoms with Crippen LogP contribution in [-0.2, 0) is 9.31 Å². The molecule has 1 saturated carbocycles. The Bertz CT molecular complexity index is 453. The van der Waals surface area contributed by atoms with Crippen LogP contribution in [0.15, 0.2) is 12.1 Å². The molecule has 0 atom stereocenters. The van der Waals surface area contributed by atoms with Crippen LogP contribution in [0.4, 0.5) is 0 Å². The van der Waals surface area contributed by atoms with Gasteiger partial charge in [-0.05, 0) is 52.7 Å². The van der Waals surface area contributed by atoms with Gasteiger partial charge in [-0.3, -0.25) is 0 Å². The maximum Gasteiger partial charge on any atom is 0.516 e. The second-order valence-electron chi connectivity index (χ2n) is 6.60. The molecule has 4 nitrogen and oxygen atoms in total. The molecule has 0 amide bonds. The standard InChI is InChI=1S/C14H21BN2O2/c1-13(2)14(3,4)19-15(18-13)12-9-8-11(16-17-12)10-6-5-7-10/h8-10H,5-7H2,1-4H3. The van der Waals surface area contributed by atoms with Crippen molar-refractivity contribution < 1.29 is 9.31 Å². The molecular formula is C14H21BN2O2. The molecule has 0 bridgehead atoms. The van der Waals surface area contributed by atoms with Crippen LogP contribution in [0.25, 0.3) is 0 Å². The van der Waals surface area contributed by atoms with Crippen molar-refractivity contribution >= 4 is 12.7 Å². The Hall–Kier alpha value is -0.935. The van der Waals surface area contributed by atoms with E-state index in [0.717, 1.165) is 11.3 Å². The third-order valence-corrected chi connectivity index (χ3v) is 4.72. The Kier molecular flexibility index (Phi) is 2.95. The monoisotopic (exact) mass is 260 g/mol. The zero-order valence-corrected chi connectivity index (χ0v) is 12.1. The first-order chi connectivity index (χ1) is 8.89. The lowest BCUT2D eigenvalue weighted by molar-refractivity contribution is 0.00578. The van der Waals surface area contributed by atoms with E-state index in [0.29, 0.717) is 5.92 Å². The molecule has 2 aliphatic rings. The summed E-state index contributed by atoms with van der Waals surface area (Å²) in [6.45, 7) is 8.18. The topological polar surface area (TPSA) is 44.2 Å². The highest BCUT2D eigenvalue weighted by Gasteiger charge is 2.52. The van der Waals surface area contributed by atoms with E-state index < -0.39 is 7.12 Å². The van der Waals surface area contributed by atoms with Gasteiger partial charge in [0.15, 0.2) is 0 Å². The fourth-order valence-corrected chi connectivity index (χ4v) is 2.36. The molecule has 2 heterocycles. The lowest BCUT2D eigenvalue weighted by Gasteiger charge is -2.32. The minimum atomic E-state index is -0.409. The SMILES string of the molecule is CC1(C)OB(c2ccc(C3CCC3)nn2)OC1(C)C. The van der Waals surface area contributed by atoms with E-state index in [4.69, 9.17) is 9.31 Å². The molecule has 0 aromatic carbocycles. The predicted octanol–water partition coefficient (Wildman–Crippen LogP) is 2.04. The van der Waals surface area contributed by atoms with E-state index in [1.165, 1.54) is 19.3 Å². The van der Waals surface area contributed by atoms with Gasteiger partial charge >= 0.3 is 7.12 Å². The maximum atomic E-state index is 5.97. The molecule has 1 aliphatic carbocycles. The minimum absolute atomic E-state index is 0.327. The molecule has 1 aliphatic heterocycles. The van der Waals surface area contributed by atoms with Crippen molar-refractivity contribution in [3.63, 3.8) is 0 Å². The molecule has 1 aromatic heterocycles. The summed E-state index contributed by atoms with van der Waals surface area (Å²) in [4.78, 5) is 0. The first kappa shape index (κ1) is 13.1. The molecule has 102 valence electrons. The van der Waals surface area contributed by atoms with Crippen molar-refractivity contribution in [1.82, 2.24) is 10.2 Å². The lowest BCUT2D eigenvalue weighted by atomic mass is 9.81. The Morgan fingerprint density at radius 1 is 1.05 bits per heavy atom. The van der Waals surface area contributed by atoms with E-state index in [-0.39, 0.29) is 11.2 Å². The van der Waals surface area contributed by atoms with Gasteiger partial charge in [0, 0.05) is 5.92 Å². The molecule has 1 saturated heterocycles. The van der Waals surface area contributed by atoms with Crippen LogP contribution in [0.1, 0.15) is 58.6 Å². The van der Waals surface area contributed by atoms with E-state index >= 15 is 0 Å². The highest BCUT2D eigenvalue weighted by atomic mass is 16.7. The summed E-state index contributed by atoms with van der Waals surface area (Å²) < 4.78 is 11.9. The Morgan fingerprint density at radius 2 is 1.68 bits per heavy atom. The lowest BCUT2D eigenvalue weighted by Crippen LogP contribution is -2.41. The van der Waals surface area contributed by atoms with Crippen LogP contribution in [0.5, 0.6) is 0 Å². The smallest absolute Gasteiger partial charge is 0.398 e. The molecule has 0 radical (unpaired) electrons. The van der Waals surface area contributed by atoms with Gasteiger partial charge in [0.05, 0.1) is 22.5 Å². The fraction of sp³-hybridized carbons (Fsp3) is 0.714. The third kappa shape index (κ3) is 2.19. The summed E-state index contributed by atoms with van der Waals surface area (Å²) in [5, 5.41) is 8.63. The van der Waals surface area contributed by atoms with Gasteiger partial charge in [0.1, 0.15) is 0 Å². The zero-order valence-electron chi connectivity index (χ0n) is 12.1. The summed E-state index contributed by atoms with van der Waals surface area (Å²) in [5.41, 5.74) is 1.21. The van der Waals surface area contributed by atoms with Crippen molar-refractivity contribution in [3.8, 4) is 0 Å². The summed E-state index contributed by atoms with van der Waals surface area (Å²) in [5.74, 6) is 0.611. The molecule has 19 heavy (non-hydrogen) atoms. The van der Waals surface area contributed by atoms with Crippen molar-refractivity contribution in [2.24, 2.45) is 0 Å². The number of nitrogens with zero attached hydrogens (tertiary/aromatic N) is 2. The molecule has 3 rings (SSSR count). The molecule has 0 unspecified atom stereocenters. The highest BCUT2D eigenvalue weighted by Crippen LogP contribution is 2.37. The van der Waals surface area contributed by atoms with E-state index in [2.05, 4.69) is 16.3 Å². The molecule has 5 heteroatoms. The Balaban J connectivity index is 1.76. The van der Waals surface area contributed by atoms with Crippen molar-refractivity contribution in [3.05, 3.63) is 17.8 Å².